The molecule has 1 fully saturated rings. The van der Waals surface area contributed by atoms with Gasteiger partial charge in [0.15, 0.2) is 0 Å². The van der Waals surface area contributed by atoms with Gasteiger partial charge in [-0.25, -0.2) is 0 Å². The molecule has 4 nitrogen and oxygen atoms in total. The molecule has 0 N–H and O–H groups in total. The lowest BCUT2D eigenvalue weighted by molar-refractivity contribution is -0.169. The lowest BCUT2D eigenvalue weighted by Crippen LogP contribution is -2.37. The van der Waals surface area contributed by atoms with Crippen LogP contribution >= 0.6 is 0 Å². The van der Waals surface area contributed by atoms with Gasteiger partial charge in [-0.15, -0.1) is 0 Å². The summed E-state index contributed by atoms with van der Waals surface area (Å²) in [6.07, 6.45) is 5.38. The van der Waals surface area contributed by atoms with Crippen molar-refractivity contribution in [3.8, 4) is 0 Å². The highest BCUT2D eigenvalue weighted by molar-refractivity contribution is 5.73. The van der Waals surface area contributed by atoms with E-state index >= 15 is 0 Å². The van der Waals surface area contributed by atoms with E-state index in [-0.39, 0.29) is 36.0 Å². The largest absolute Gasteiger partial charge is 0.466 e. The van der Waals surface area contributed by atoms with Crippen LogP contribution in [0.1, 0.15) is 59.8 Å². The first-order chi connectivity index (χ1) is 8.84. The summed E-state index contributed by atoms with van der Waals surface area (Å²) in [5.41, 5.74) is -0.301. The third-order valence-corrected chi connectivity index (χ3v) is 4.03. The maximum Gasteiger partial charge on any atom is 0.309 e. The van der Waals surface area contributed by atoms with Crippen LogP contribution in [0.25, 0.3) is 0 Å². The van der Waals surface area contributed by atoms with Crippen molar-refractivity contribution >= 4 is 11.9 Å². The van der Waals surface area contributed by atoms with Gasteiger partial charge in [0.25, 0.3) is 0 Å². The molecule has 0 heterocycles. The van der Waals surface area contributed by atoms with Crippen LogP contribution in [0.3, 0.4) is 0 Å². The molecule has 0 aliphatic heterocycles. The average molecular weight is 270 g/mol. The van der Waals surface area contributed by atoms with Crippen LogP contribution in [-0.4, -0.2) is 24.1 Å². The molecule has 4 heteroatoms. The Hall–Kier alpha value is -1.06. The molecule has 0 bridgehead atoms. The molecular weight excluding hydrogens is 244 g/mol. The minimum Gasteiger partial charge on any atom is -0.466 e. The normalized spacial score (nSPS) is 21.3. The van der Waals surface area contributed by atoms with Gasteiger partial charge in [0.05, 0.1) is 12.5 Å². The number of hydrogen-bond acceptors (Lipinski definition) is 4. The molecule has 0 spiro atoms. The van der Waals surface area contributed by atoms with E-state index < -0.39 is 0 Å². The van der Waals surface area contributed by atoms with Gasteiger partial charge in [-0.05, 0) is 32.6 Å². The second-order valence-electron chi connectivity index (χ2n) is 6.00. The van der Waals surface area contributed by atoms with Crippen molar-refractivity contribution in [3.05, 3.63) is 0 Å². The SMILES string of the molecule is CC(=O)OCC(C)C(C)C(=O)OC1(C)CCCCC1. The number of carbonyl (C=O) groups excluding carboxylic acids is 2. The molecule has 110 valence electrons. The molecular formula is C15H26O4. The van der Waals surface area contributed by atoms with Crippen molar-refractivity contribution in [1.82, 2.24) is 0 Å². The van der Waals surface area contributed by atoms with Crippen LogP contribution in [-0.2, 0) is 19.1 Å². The van der Waals surface area contributed by atoms with Gasteiger partial charge >= 0.3 is 11.9 Å². The van der Waals surface area contributed by atoms with Gasteiger partial charge in [-0.2, -0.15) is 0 Å². The van der Waals surface area contributed by atoms with Crippen LogP contribution < -0.4 is 0 Å². The highest BCUT2D eigenvalue weighted by Crippen LogP contribution is 2.32. The number of hydrogen-bond donors (Lipinski definition) is 0. The lowest BCUT2D eigenvalue weighted by Gasteiger charge is -2.34. The minimum atomic E-state index is -0.313. The van der Waals surface area contributed by atoms with Crippen LogP contribution in [0.4, 0.5) is 0 Å². The summed E-state index contributed by atoms with van der Waals surface area (Å²) in [7, 11) is 0. The van der Waals surface area contributed by atoms with E-state index in [1.165, 1.54) is 13.3 Å². The molecule has 19 heavy (non-hydrogen) atoms. The second-order valence-corrected chi connectivity index (χ2v) is 6.00. The molecule has 1 rings (SSSR count). The predicted octanol–water partition coefficient (Wildman–Crippen LogP) is 3.09. The van der Waals surface area contributed by atoms with Crippen LogP contribution in [0.2, 0.25) is 0 Å². The van der Waals surface area contributed by atoms with Crippen molar-refractivity contribution < 1.29 is 19.1 Å². The smallest absolute Gasteiger partial charge is 0.309 e. The van der Waals surface area contributed by atoms with Crippen LogP contribution in [0.5, 0.6) is 0 Å². The van der Waals surface area contributed by atoms with Crippen molar-refractivity contribution in [1.29, 1.82) is 0 Å². The number of esters is 2. The third kappa shape index (κ3) is 5.21. The number of rotatable bonds is 5. The molecule has 0 saturated heterocycles. The van der Waals surface area contributed by atoms with Crippen molar-refractivity contribution in [2.24, 2.45) is 11.8 Å². The summed E-state index contributed by atoms with van der Waals surface area (Å²) in [6.45, 7) is 7.40. The quantitative estimate of drug-likeness (QED) is 0.720. The zero-order valence-electron chi connectivity index (χ0n) is 12.5. The van der Waals surface area contributed by atoms with E-state index in [0.717, 1.165) is 25.7 Å². The maximum absolute atomic E-state index is 12.1. The summed E-state index contributed by atoms with van der Waals surface area (Å²) in [5.74, 6) is -0.766. The summed E-state index contributed by atoms with van der Waals surface area (Å²) in [6, 6.07) is 0. The van der Waals surface area contributed by atoms with Crippen LogP contribution in [0.15, 0.2) is 0 Å². The summed E-state index contributed by atoms with van der Waals surface area (Å²) < 4.78 is 10.6. The molecule has 1 saturated carbocycles. The van der Waals surface area contributed by atoms with Crippen molar-refractivity contribution in [2.75, 3.05) is 6.61 Å². The fraction of sp³-hybridized carbons (Fsp3) is 0.867. The fourth-order valence-corrected chi connectivity index (χ4v) is 2.36. The number of carbonyl (C=O) groups is 2. The maximum atomic E-state index is 12.1. The van der Waals surface area contributed by atoms with Crippen molar-refractivity contribution in [3.63, 3.8) is 0 Å². The van der Waals surface area contributed by atoms with Gasteiger partial charge in [0.2, 0.25) is 0 Å². The lowest BCUT2D eigenvalue weighted by atomic mass is 9.86. The third-order valence-electron chi connectivity index (χ3n) is 4.03. The summed E-state index contributed by atoms with van der Waals surface area (Å²) in [5, 5.41) is 0. The van der Waals surface area contributed by atoms with E-state index in [1.807, 2.05) is 20.8 Å². The molecule has 1 aliphatic rings. The van der Waals surface area contributed by atoms with Gasteiger partial charge < -0.3 is 9.47 Å². The molecule has 0 amide bonds. The Morgan fingerprint density at radius 2 is 1.74 bits per heavy atom. The van der Waals surface area contributed by atoms with E-state index in [2.05, 4.69) is 0 Å². The Morgan fingerprint density at radius 1 is 1.16 bits per heavy atom. The molecule has 0 aromatic rings. The highest BCUT2D eigenvalue weighted by Gasteiger charge is 2.33. The standard InChI is InChI=1S/C15H26O4/c1-11(10-18-13(3)16)12(2)14(17)19-15(4)8-6-5-7-9-15/h11-12H,5-10H2,1-4H3. The Morgan fingerprint density at radius 3 is 2.26 bits per heavy atom. The number of ether oxygens (including phenoxy) is 2. The zero-order chi connectivity index (χ0) is 14.5. The van der Waals surface area contributed by atoms with E-state index in [9.17, 15) is 9.59 Å². The van der Waals surface area contributed by atoms with E-state index in [0.29, 0.717) is 0 Å². The second kappa shape index (κ2) is 6.92. The molecule has 1 aliphatic carbocycles. The van der Waals surface area contributed by atoms with Crippen LogP contribution in [0, 0.1) is 11.8 Å². The molecule has 0 radical (unpaired) electrons. The monoisotopic (exact) mass is 270 g/mol. The average Bonchev–Trinajstić information content (AvgIpc) is 2.35. The first kappa shape index (κ1) is 16.0. The van der Waals surface area contributed by atoms with Crippen molar-refractivity contribution in [2.45, 2.75) is 65.4 Å². The Labute approximate surface area is 115 Å². The molecule has 0 aromatic carbocycles. The Bertz CT molecular complexity index is 318. The Balaban J connectivity index is 2.44. The minimum absolute atomic E-state index is 0.0245. The Kier molecular flexibility index (Phi) is 5.83. The van der Waals surface area contributed by atoms with Gasteiger partial charge in [0, 0.05) is 12.8 Å². The first-order valence-electron chi connectivity index (χ1n) is 7.20. The highest BCUT2D eigenvalue weighted by atomic mass is 16.6. The van der Waals surface area contributed by atoms with Gasteiger partial charge in [0.1, 0.15) is 5.60 Å². The first-order valence-corrected chi connectivity index (χ1v) is 7.20. The zero-order valence-corrected chi connectivity index (χ0v) is 12.5. The topological polar surface area (TPSA) is 52.6 Å². The van der Waals surface area contributed by atoms with E-state index in [1.54, 1.807) is 0 Å². The fourth-order valence-electron chi connectivity index (χ4n) is 2.36. The van der Waals surface area contributed by atoms with Gasteiger partial charge in [-0.1, -0.05) is 20.3 Å². The molecule has 2 atom stereocenters. The molecule has 2 unspecified atom stereocenters. The summed E-state index contributed by atoms with van der Waals surface area (Å²) >= 11 is 0. The van der Waals surface area contributed by atoms with E-state index in [4.69, 9.17) is 9.47 Å². The summed E-state index contributed by atoms with van der Waals surface area (Å²) in [4.78, 5) is 22.9. The predicted molar refractivity (Wildman–Crippen MR) is 72.5 cm³/mol. The molecule has 0 aromatic heterocycles. The van der Waals surface area contributed by atoms with Gasteiger partial charge in [-0.3, -0.25) is 9.59 Å².